The van der Waals surface area contributed by atoms with E-state index in [-0.39, 0.29) is 23.7 Å². The number of rotatable bonds is 15. The molecule has 3 amide bonds. The van der Waals surface area contributed by atoms with Gasteiger partial charge >= 0.3 is 12.1 Å². The standard InChI is InChI=1S/C30H40FN3O6/c1-30(2,3)40-29(39)34-25-20-22(31)16-19-24(25)33-28(38)21-14-17-23(18-15-21)32-26(35)12-10-8-6-4-5-7-9-11-13-27(36)37/h14-20H,4-13H2,1-3H3,(H,32,35)(H,33,38)(H,34,39)(H,36,37). The molecule has 0 atom stereocenters. The number of hydrogen-bond donors (Lipinski definition) is 4. The minimum absolute atomic E-state index is 0.0576. The zero-order valence-corrected chi connectivity index (χ0v) is 23.5. The number of carboxylic acid groups (broad SMARTS) is 1. The fraction of sp³-hybridized carbons (Fsp3) is 0.467. The van der Waals surface area contributed by atoms with Gasteiger partial charge in [0.1, 0.15) is 11.4 Å². The molecule has 0 aliphatic heterocycles. The van der Waals surface area contributed by atoms with Crippen molar-refractivity contribution in [1.82, 2.24) is 0 Å². The maximum absolute atomic E-state index is 13.8. The average Bonchev–Trinajstić information content (AvgIpc) is 2.85. The number of unbranched alkanes of at least 4 members (excludes halogenated alkanes) is 7. The van der Waals surface area contributed by atoms with Gasteiger partial charge in [-0.2, -0.15) is 0 Å². The van der Waals surface area contributed by atoms with Crippen LogP contribution in [0.5, 0.6) is 0 Å². The Labute approximate surface area is 234 Å². The van der Waals surface area contributed by atoms with E-state index in [4.69, 9.17) is 9.84 Å². The summed E-state index contributed by atoms with van der Waals surface area (Å²) in [5.74, 6) is -1.91. The Morgan fingerprint density at radius 3 is 1.90 bits per heavy atom. The minimum atomic E-state index is -0.779. The van der Waals surface area contributed by atoms with E-state index in [2.05, 4.69) is 16.0 Å². The van der Waals surface area contributed by atoms with E-state index >= 15 is 0 Å². The topological polar surface area (TPSA) is 134 Å². The van der Waals surface area contributed by atoms with Crippen LogP contribution in [0.1, 0.15) is 95.3 Å². The van der Waals surface area contributed by atoms with Crippen molar-refractivity contribution in [2.75, 3.05) is 16.0 Å². The lowest BCUT2D eigenvalue weighted by molar-refractivity contribution is -0.137. The molecule has 4 N–H and O–H groups in total. The second kappa shape index (κ2) is 16.2. The molecule has 0 aliphatic carbocycles. The summed E-state index contributed by atoms with van der Waals surface area (Å²) < 4.78 is 19.0. The summed E-state index contributed by atoms with van der Waals surface area (Å²) in [5.41, 5.74) is 0.394. The number of carboxylic acids is 1. The van der Waals surface area contributed by atoms with Crippen LogP contribution in [0, 0.1) is 5.82 Å². The fourth-order valence-corrected chi connectivity index (χ4v) is 3.89. The maximum Gasteiger partial charge on any atom is 0.412 e. The number of anilines is 3. The highest BCUT2D eigenvalue weighted by molar-refractivity contribution is 6.07. The number of carbonyl (C=O) groups is 4. The number of halogens is 1. The predicted molar refractivity (Wildman–Crippen MR) is 153 cm³/mol. The highest BCUT2D eigenvalue weighted by atomic mass is 19.1. The van der Waals surface area contributed by atoms with E-state index in [0.29, 0.717) is 17.7 Å². The van der Waals surface area contributed by atoms with Crippen LogP contribution in [0.4, 0.5) is 26.2 Å². The number of benzene rings is 2. The number of carbonyl (C=O) groups excluding carboxylic acids is 3. The SMILES string of the molecule is CC(C)(C)OC(=O)Nc1cc(F)ccc1NC(=O)c1ccc(NC(=O)CCCCCCCCCCC(=O)O)cc1. The van der Waals surface area contributed by atoms with Gasteiger partial charge in [-0.05, 0) is 76.1 Å². The van der Waals surface area contributed by atoms with Gasteiger partial charge in [0, 0.05) is 24.1 Å². The van der Waals surface area contributed by atoms with Crippen LogP contribution in [-0.4, -0.2) is 34.6 Å². The summed E-state index contributed by atoms with van der Waals surface area (Å²) in [7, 11) is 0. The van der Waals surface area contributed by atoms with Crippen LogP contribution >= 0.6 is 0 Å². The highest BCUT2D eigenvalue weighted by Crippen LogP contribution is 2.25. The van der Waals surface area contributed by atoms with Crippen molar-refractivity contribution >= 4 is 40.9 Å². The Kier molecular flexibility index (Phi) is 13.1. The van der Waals surface area contributed by atoms with Gasteiger partial charge in [-0.3, -0.25) is 19.7 Å². The molecule has 10 heteroatoms. The molecule has 2 aromatic rings. The van der Waals surface area contributed by atoms with Crippen molar-refractivity contribution in [3.05, 3.63) is 53.8 Å². The first-order chi connectivity index (χ1) is 18.9. The summed E-state index contributed by atoms with van der Waals surface area (Å²) in [5, 5.41) is 16.6. The van der Waals surface area contributed by atoms with Gasteiger partial charge < -0.3 is 20.5 Å². The number of ether oxygens (including phenoxy) is 1. The zero-order chi connectivity index (χ0) is 29.5. The van der Waals surface area contributed by atoms with E-state index in [1.54, 1.807) is 45.0 Å². The van der Waals surface area contributed by atoms with Gasteiger partial charge in [0.25, 0.3) is 5.91 Å². The van der Waals surface area contributed by atoms with Crippen LogP contribution in [0.15, 0.2) is 42.5 Å². The van der Waals surface area contributed by atoms with E-state index in [9.17, 15) is 23.6 Å². The van der Waals surface area contributed by atoms with E-state index in [1.807, 2.05) is 0 Å². The Balaban J connectivity index is 1.76. The molecule has 0 heterocycles. The largest absolute Gasteiger partial charge is 0.481 e. The average molecular weight is 558 g/mol. The maximum atomic E-state index is 13.8. The zero-order valence-electron chi connectivity index (χ0n) is 23.5. The van der Waals surface area contributed by atoms with Crippen LogP contribution in [-0.2, 0) is 14.3 Å². The first kappa shape index (κ1) is 32.3. The highest BCUT2D eigenvalue weighted by Gasteiger charge is 2.18. The van der Waals surface area contributed by atoms with E-state index < -0.39 is 29.4 Å². The molecule has 0 radical (unpaired) electrons. The third kappa shape index (κ3) is 13.2. The number of amides is 3. The third-order valence-corrected chi connectivity index (χ3v) is 5.84. The molecular formula is C30H40FN3O6. The summed E-state index contributed by atoms with van der Waals surface area (Å²) >= 11 is 0. The molecule has 9 nitrogen and oxygen atoms in total. The van der Waals surface area contributed by atoms with Gasteiger partial charge in [0.2, 0.25) is 5.91 Å². The Hall–Kier alpha value is -3.95. The second-order valence-electron chi connectivity index (χ2n) is 10.6. The van der Waals surface area contributed by atoms with Crippen molar-refractivity contribution < 1.29 is 33.4 Å². The Morgan fingerprint density at radius 2 is 1.32 bits per heavy atom. The lowest BCUT2D eigenvalue weighted by atomic mass is 10.1. The fourth-order valence-electron chi connectivity index (χ4n) is 3.89. The normalized spacial score (nSPS) is 11.0. The van der Waals surface area contributed by atoms with Crippen LogP contribution in [0.25, 0.3) is 0 Å². The number of hydrogen-bond acceptors (Lipinski definition) is 5. The van der Waals surface area contributed by atoms with Gasteiger partial charge in [0.05, 0.1) is 11.4 Å². The molecule has 0 aromatic heterocycles. The molecule has 0 saturated heterocycles. The first-order valence-corrected chi connectivity index (χ1v) is 13.7. The van der Waals surface area contributed by atoms with Crippen molar-refractivity contribution in [3.8, 4) is 0 Å². The van der Waals surface area contributed by atoms with Crippen LogP contribution < -0.4 is 16.0 Å². The summed E-state index contributed by atoms with van der Waals surface area (Å²) in [6.07, 6.45) is 7.49. The lowest BCUT2D eigenvalue weighted by Gasteiger charge is -2.20. The van der Waals surface area contributed by atoms with Gasteiger partial charge in [-0.25, -0.2) is 9.18 Å². The molecule has 218 valence electrons. The third-order valence-electron chi connectivity index (χ3n) is 5.84. The molecule has 0 unspecified atom stereocenters. The van der Waals surface area contributed by atoms with E-state index in [0.717, 1.165) is 57.4 Å². The summed E-state index contributed by atoms with van der Waals surface area (Å²) in [6.45, 7) is 5.10. The Morgan fingerprint density at radius 1 is 0.750 bits per heavy atom. The van der Waals surface area contributed by atoms with Gasteiger partial charge in [0.15, 0.2) is 0 Å². The lowest BCUT2D eigenvalue weighted by Crippen LogP contribution is -2.27. The second-order valence-corrected chi connectivity index (χ2v) is 10.6. The molecule has 0 bridgehead atoms. The molecule has 0 saturated carbocycles. The molecule has 2 rings (SSSR count). The van der Waals surface area contributed by atoms with Gasteiger partial charge in [-0.15, -0.1) is 0 Å². The van der Waals surface area contributed by atoms with Crippen molar-refractivity contribution in [3.63, 3.8) is 0 Å². The molecule has 40 heavy (non-hydrogen) atoms. The van der Waals surface area contributed by atoms with Crippen molar-refractivity contribution in [2.24, 2.45) is 0 Å². The van der Waals surface area contributed by atoms with Crippen LogP contribution in [0.2, 0.25) is 0 Å². The van der Waals surface area contributed by atoms with Crippen molar-refractivity contribution in [2.45, 2.75) is 90.6 Å². The Bertz CT molecular complexity index is 1150. The van der Waals surface area contributed by atoms with Crippen LogP contribution in [0.3, 0.4) is 0 Å². The quantitative estimate of drug-likeness (QED) is 0.169. The number of nitrogens with one attached hydrogen (secondary N) is 3. The monoisotopic (exact) mass is 557 g/mol. The molecule has 0 aliphatic rings. The molecule has 0 spiro atoms. The smallest absolute Gasteiger partial charge is 0.412 e. The van der Waals surface area contributed by atoms with E-state index in [1.165, 1.54) is 12.1 Å². The molecular weight excluding hydrogens is 517 g/mol. The molecule has 0 fully saturated rings. The summed E-state index contributed by atoms with van der Waals surface area (Å²) in [6, 6.07) is 9.97. The number of aliphatic carboxylic acids is 1. The predicted octanol–water partition coefficient (Wildman–Crippen LogP) is 7.35. The first-order valence-electron chi connectivity index (χ1n) is 13.7. The minimum Gasteiger partial charge on any atom is -0.481 e. The van der Waals surface area contributed by atoms with Crippen molar-refractivity contribution in [1.29, 1.82) is 0 Å². The van der Waals surface area contributed by atoms with Gasteiger partial charge in [-0.1, -0.05) is 38.5 Å². The molecule has 2 aromatic carbocycles. The summed E-state index contributed by atoms with van der Waals surface area (Å²) in [4.78, 5) is 47.6.